The summed E-state index contributed by atoms with van der Waals surface area (Å²) in [6, 6.07) is 10.7. The molecule has 0 aliphatic carbocycles. The molecule has 1 aromatic heterocycles. The summed E-state index contributed by atoms with van der Waals surface area (Å²) in [6.07, 6.45) is 0.975. The van der Waals surface area contributed by atoms with Crippen molar-refractivity contribution >= 4 is 25.8 Å². The Morgan fingerprint density at radius 2 is 1.76 bits per heavy atom. The van der Waals surface area contributed by atoms with Gasteiger partial charge in [0.15, 0.2) is 0 Å². The number of aromatic amines is 1. The summed E-state index contributed by atoms with van der Waals surface area (Å²) in [5.41, 5.74) is -0.489. The van der Waals surface area contributed by atoms with Gasteiger partial charge in [0, 0.05) is 4.47 Å². The molecule has 1 heterocycles. The summed E-state index contributed by atoms with van der Waals surface area (Å²) in [7, 11) is -3.69. The van der Waals surface area contributed by atoms with E-state index in [2.05, 4.69) is 26.0 Å². The predicted octanol–water partition coefficient (Wildman–Crippen LogP) is 1.82. The van der Waals surface area contributed by atoms with E-state index in [1.807, 2.05) is 0 Å². The van der Waals surface area contributed by atoms with Gasteiger partial charge in [-0.05, 0) is 55.0 Å². The Hall–Kier alpha value is -2.52. The molecule has 0 bridgehead atoms. The van der Waals surface area contributed by atoms with Crippen molar-refractivity contribution in [3.8, 4) is 5.69 Å². The minimum atomic E-state index is -3.69. The molecule has 0 aliphatic rings. The molecule has 7 nitrogen and oxygen atoms in total. The first-order valence-electron chi connectivity index (χ1n) is 7.09. The first-order valence-corrected chi connectivity index (χ1v) is 9.37. The highest BCUT2D eigenvalue weighted by Gasteiger charge is 2.20. The molecule has 0 spiro atoms. The Bertz CT molecular complexity index is 1160. The Morgan fingerprint density at radius 1 is 1.08 bits per heavy atom. The Kier molecular flexibility index (Phi) is 4.44. The van der Waals surface area contributed by atoms with Crippen LogP contribution in [0.3, 0.4) is 0 Å². The lowest BCUT2D eigenvalue weighted by Crippen LogP contribution is -2.30. The number of aryl methyl sites for hydroxylation is 1. The highest BCUT2D eigenvalue weighted by Crippen LogP contribution is 2.26. The maximum absolute atomic E-state index is 12.8. The van der Waals surface area contributed by atoms with Gasteiger partial charge < -0.3 is 0 Å². The number of sulfone groups is 1. The molecule has 0 radical (unpaired) electrons. The molecule has 0 saturated heterocycles. The lowest BCUT2D eigenvalue weighted by atomic mass is 10.2. The zero-order chi connectivity index (χ0) is 18.2. The summed E-state index contributed by atoms with van der Waals surface area (Å²) in [5, 5.41) is 3.75. The van der Waals surface area contributed by atoms with Gasteiger partial charge in [0.25, 0.3) is 5.56 Å². The Morgan fingerprint density at radius 3 is 2.36 bits per heavy atom. The molecule has 9 heteroatoms. The topological polar surface area (TPSA) is 102 Å². The number of hydrogen-bond donors (Lipinski definition) is 1. The van der Waals surface area contributed by atoms with Crippen LogP contribution >= 0.6 is 15.9 Å². The van der Waals surface area contributed by atoms with E-state index >= 15 is 0 Å². The second kappa shape index (κ2) is 6.41. The van der Waals surface area contributed by atoms with Gasteiger partial charge in [-0.1, -0.05) is 15.9 Å². The maximum atomic E-state index is 12.8. The smallest absolute Gasteiger partial charge is 0.271 e. The Balaban J connectivity index is 2.09. The van der Waals surface area contributed by atoms with Crippen LogP contribution in [-0.4, -0.2) is 23.2 Å². The molecule has 1 N–H and O–H groups in total. The molecule has 128 valence electrons. The van der Waals surface area contributed by atoms with E-state index in [0.717, 1.165) is 15.4 Å². The summed E-state index contributed by atoms with van der Waals surface area (Å²) in [5.74, 6) is 0. The van der Waals surface area contributed by atoms with Crippen molar-refractivity contribution in [2.45, 2.75) is 16.7 Å². The first-order chi connectivity index (χ1) is 11.8. The van der Waals surface area contributed by atoms with Crippen LogP contribution in [-0.2, 0) is 9.84 Å². The second-order valence-corrected chi connectivity index (χ2v) is 8.09. The van der Waals surface area contributed by atoms with Gasteiger partial charge >= 0.3 is 5.69 Å². The van der Waals surface area contributed by atoms with Crippen LogP contribution in [0.25, 0.3) is 5.69 Å². The summed E-state index contributed by atoms with van der Waals surface area (Å²) in [6.45, 7) is 1.63. The fraction of sp³-hybridized carbons (Fsp3) is 0.0625. The third kappa shape index (κ3) is 3.33. The number of H-pyrrole nitrogens is 1. The van der Waals surface area contributed by atoms with Crippen LogP contribution in [0.4, 0.5) is 0 Å². The van der Waals surface area contributed by atoms with Crippen LogP contribution in [0.15, 0.2) is 72.5 Å². The largest absolute Gasteiger partial charge is 0.349 e. The van der Waals surface area contributed by atoms with Gasteiger partial charge in [0.05, 0.1) is 15.5 Å². The number of benzene rings is 2. The van der Waals surface area contributed by atoms with Gasteiger partial charge in [0.2, 0.25) is 9.84 Å². The monoisotopic (exact) mass is 421 g/mol. The number of aromatic nitrogens is 3. The lowest BCUT2D eigenvalue weighted by molar-refractivity contribution is 0.595. The summed E-state index contributed by atoms with van der Waals surface area (Å²) < 4.78 is 27.3. The quantitative estimate of drug-likeness (QED) is 0.694. The summed E-state index contributed by atoms with van der Waals surface area (Å²) >= 11 is 3.27. The normalized spacial score (nSPS) is 11.4. The maximum Gasteiger partial charge on any atom is 0.349 e. The molecule has 0 fully saturated rings. The van der Waals surface area contributed by atoms with Gasteiger partial charge in [-0.3, -0.25) is 9.78 Å². The average Bonchev–Trinajstić information content (AvgIpc) is 2.55. The molecule has 2 aromatic carbocycles. The summed E-state index contributed by atoms with van der Waals surface area (Å²) in [4.78, 5) is 25.3. The highest BCUT2D eigenvalue weighted by atomic mass is 79.9. The molecule has 0 unspecified atom stereocenters. The predicted molar refractivity (Wildman–Crippen MR) is 94.8 cm³/mol. The fourth-order valence-electron chi connectivity index (χ4n) is 2.34. The fourth-order valence-corrected chi connectivity index (χ4v) is 4.09. The van der Waals surface area contributed by atoms with E-state index in [0.29, 0.717) is 11.3 Å². The zero-order valence-corrected chi connectivity index (χ0v) is 15.3. The van der Waals surface area contributed by atoms with E-state index < -0.39 is 21.1 Å². The molecule has 3 aromatic rings. The van der Waals surface area contributed by atoms with Crippen molar-refractivity contribution in [2.24, 2.45) is 0 Å². The SMILES string of the molecule is Cc1cc(-n2ncc(=O)[nH]c2=O)ccc1S(=O)(=O)c1ccc(Br)cc1. The van der Waals surface area contributed by atoms with Crippen molar-refractivity contribution in [1.29, 1.82) is 0 Å². The Labute approximate surface area is 151 Å². The van der Waals surface area contributed by atoms with Crippen LogP contribution in [0.5, 0.6) is 0 Å². The lowest BCUT2D eigenvalue weighted by Gasteiger charge is -2.10. The number of nitrogens with zero attached hydrogens (tertiary/aromatic N) is 2. The van der Waals surface area contributed by atoms with Crippen molar-refractivity contribution in [1.82, 2.24) is 14.8 Å². The second-order valence-electron chi connectivity index (χ2n) is 5.26. The molecule has 0 atom stereocenters. The molecule has 25 heavy (non-hydrogen) atoms. The van der Waals surface area contributed by atoms with Crippen LogP contribution in [0.1, 0.15) is 5.56 Å². The molecule has 0 amide bonds. The zero-order valence-electron chi connectivity index (χ0n) is 12.9. The van der Waals surface area contributed by atoms with Crippen LogP contribution in [0.2, 0.25) is 0 Å². The van der Waals surface area contributed by atoms with Gasteiger partial charge in [0.1, 0.15) is 6.20 Å². The van der Waals surface area contributed by atoms with Crippen molar-refractivity contribution in [2.75, 3.05) is 0 Å². The van der Waals surface area contributed by atoms with Crippen molar-refractivity contribution < 1.29 is 8.42 Å². The van der Waals surface area contributed by atoms with Crippen molar-refractivity contribution in [3.05, 3.63) is 79.5 Å². The number of nitrogens with one attached hydrogen (secondary N) is 1. The molecule has 3 rings (SSSR count). The minimum Gasteiger partial charge on any atom is -0.271 e. The number of rotatable bonds is 3. The first kappa shape index (κ1) is 17.3. The van der Waals surface area contributed by atoms with E-state index in [9.17, 15) is 18.0 Å². The van der Waals surface area contributed by atoms with E-state index in [4.69, 9.17) is 0 Å². The third-order valence-electron chi connectivity index (χ3n) is 3.53. The van der Waals surface area contributed by atoms with E-state index in [1.54, 1.807) is 19.1 Å². The average molecular weight is 422 g/mol. The van der Waals surface area contributed by atoms with E-state index in [-0.39, 0.29) is 9.79 Å². The number of halogens is 1. The van der Waals surface area contributed by atoms with Gasteiger partial charge in [-0.15, -0.1) is 0 Å². The van der Waals surface area contributed by atoms with Crippen LogP contribution in [0, 0.1) is 6.92 Å². The standard InChI is InChI=1S/C16H12BrN3O4S/c1-10-8-12(20-16(22)19-15(21)9-18-20)4-7-14(10)25(23,24)13-5-2-11(17)3-6-13/h2-9H,1H3,(H,19,21,22). The highest BCUT2D eigenvalue weighted by molar-refractivity contribution is 9.10. The van der Waals surface area contributed by atoms with E-state index in [1.165, 1.54) is 30.3 Å². The van der Waals surface area contributed by atoms with Gasteiger partial charge in [-0.25, -0.2) is 13.2 Å². The van der Waals surface area contributed by atoms with Gasteiger partial charge in [-0.2, -0.15) is 9.78 Å². The molecule has 0 saturated carbocycles. The molecular formula is C16H12BrN3O4S. The van der Waals surface area contributed by atoms with Crippen LogP contribution < -0.4 is 11.2 Å². The minimum absolute atomic E-state index is 0.135. The number of hydrogen-bond acceptors (Lipinski definition) is 5. The molecular weight excluding hydrogens is 410 g/mol. The van der Waals surface area contributed by atoms with Crippen molar-refractivity contribution in [3.63, 3.8) is 0 Å². The third-order valence-corrected chi connectivity index (χ3v) is 5.99. The molecule has 0 aliphatic heterocycles.